The van der Waals surface area contributed by atoms with Crippen molar-refractivity contribution in [3.63, 3.8) is 0 Å². The summed E-state index contributed by atoms with van der Waals surface area (Å²) in [6.45, 7) is 2.02. The zero-order chi connectivity index (χ0) is 14.5. The lowest BCUT2D eigenvalue weighted by molar-refractivity contribution is -0.115. The van der Waals surface area contributed by atoms with Crippen LogP contribution in [0.1, 0.15) is 18.7 Å². The number of nitrogens with zero attached hydrogens (tertiary/aromatic N) is 1. The van der Waals surface area contributed by atoms with Gasteiger partial charge < -0.3 is 9.73 Å². The van der Waals surface area contributed by atoms with E-state index in [0.29, 0.717) is 10.0 Å². The molecule has 2 aromatic rings. The van der Waals surface area contributed by atoms with Crippen molar-refractivity contribution < 1.29 is 9.21 Å². The molecule has 2 rings (SSSR count). The van der Waals surface area contributed by atoms with E-state index in [1.54, 1.807) is 12.3 Å². The minimum atomic E-state index is -0.250. The van der Waals surface area contributed by atoms with E-state index in [9.17, 15) is 4.79 Å². The Balaban J connectivity index is 1.86. The van der Waals surface area contributed by atoms with Gasteiger partial charge in [-0.25, -0.2) is 4.98 Å². The van der Waals surface area contributed by atoms with Crippen molar-refractivity contribution in [2.75, 3.05) is 11.9 Å². The van der Waals surface area contributed by atoms with Crippen LogP contribution < -0.4 is 10.6 Å². The number of carbonyl (C=O) groups is 1. The molecule has 1 atom stereocenters. The first-order valence-corrected chi connectivity index (χ1v) is 6.69. The summed E-state index contributed by atoms with van der Waals surface area (Å²) in [6, 6.07) is 5.09. The van der Waals surface area contributed by atoms with E-state index >= 15 is 0 Å². The van der Waals surface area contributed by atoms with Crippen molar-refractivity contribution in [3.8, 4) is 0 Å². The van der Waals surface area contributed by atoms with E-state index in [2.05, 4.69) is 15.6 Å². The minimum absolute atomic E-state index is 0.0654. The Hall–Kier alpha value is -1.56. The summed E-state index contributed by atoms with van der Waals surface area (Å²) >= 11 is 11.7. The molecule has 1 amide bonds. The number of hydrogen-bond acceptors (Lipinski definition) is 4. The fraction of sp³-hybridized carbons (Fsp3) is 0.231. The number of hydrogen-bond donors (Lipinski definition) is 2. The number of nitrogens with one attached hydrogen (secondary N) is 2. The van der Waals surface area contributed by atoms with Gasteiger partial charge in [-0.2, -0.15) is 0 Å². The molecular weight excluding hydrogens is 301 g/mol. The Morgan fingerprint density at radius 1 is 1.50 bits per heavy atom. The molecule has 0 aliphatic carbocycles. The van der Waals surface area contributed by atoms with E-state index in [4.69, 9.17) is 27.6 Å². The molecule has 0 fully saturated rings. The highest BCUT2D eigenvalue weighted by Gasteiger charge is 2.11. The molecule has 2 aromatic heterocycles. The van der Waals surface area contributed by atoms with Crippen molar-refractivity contribution in [3.05, 3.63) is 46.5 Å². The van der Waals surface area contributed by atoms with Crippen LogP contribution in [-0.2, 0) is 4.79 Å². The third kappa shape index (κ3) is 3.96. The van der Waals surface area contributed by atoms with Crippen LogP contribution in [0.15, 0.2) is 35.1 Å². The SMILES string of the molecule is C[C@@H](NCC(=O)Nc1ncc(Cl)cc1Cl)c1ccco1. The van der Waals surface area contributed by atoms with Crippen LogP contribution in [0, 0.1) is 0 Å². The highest BCUT2D eigenvalue weighted by Crippen LogP contribution is 2.22. The lowest BCUT2D eigenvalue weighted by atomic mass is 10.2. The first-order valence-electron chi connectivity index (χ1n) is 5.94. The van der Waals surface area contributed by atoms with Crippen molar-refractivity contribution >= 4 is 34.9 Å². The summed E-state index contributed by atoms with van der Waals surface area (Å²) in [5, 5.41) is 6.35. The molecule has 2 heterocycles. The molecule has 0 spiro atoms. The van der Waals surface area contributed by atoms with Gasteiger partial charge in [0, 0.05) is 6.20 Å². The second-order valence-corrected chi connectivity index (χ2v) is 4.99. The van der Waals surface area contributed by atoms with Crippen molar-refractivity contribution in [1.29, 1.82) is 0 Å². The van der Waals surface area contributed by atoms with Gasteiger partial charge in [-0.1, -0.05) is 23.2 Å². The van der Waals surface area contributed by atoms with Crippen LogP contribution in [0.25, 0.3) is 0 Å². The van der Waals surface area contributed by atoms with Gasteiger partial charge in [0.1, 0.15) is 5.76 Å². The van der Waals surface area contributed by atoms with Crippen molar-refractivity contribution in [1.82, 2.24) is 10.3 Å². The van der Waals surface area contributed by atoms with Crippen LogP contribution in [0.3, 0.4) is 0 Å². The van der Waals surface area contributed by atoms with Gasteiger partial charge in [0.2, 0.25) is 5.91 Å². The standard InChI is InChI=1S/C13H13Cl2N3O2/c1-8(11-3-2-4-20-11)16-7-12(19)18-13-10(15)5-9(14)6-17-13/h2-6,8,16H,7H2,1H3,(H,17,18,19)/t8-/m1/s1. The molecule has 7 heteroatoms. The molecule has 0 unspecified atom stereocenters. The normalized spacial score (nSPS) is 12.2. The molecule has 0 radical (unpaired) electrons. The Labute approximate surface area is 126 Å². The summed E-state index contributed by atoms with van der Waals surface area (Å²) in [4.78, 5) is 15.7. The zero-order valence-electron chi connectivity index (χ0n) is 10.7. The molecule has 0 aliphatic rings. The summed E-state index contributed by atoms with van der Waals surface area (Å²) < 4.78 is 5.24. The van der Waals surface area contributed by atoms with Crippen LogP contribution in [0.4, 0.5) is 5.82 Å². The maximum absolute atomic E-state index is 11.8. The third-order valence-corrected chi connectivity index (χ3v) is 3.10. The highest BCUT2D eigenvalue weighted by molar-refractivity contribution is 6.36. The fourth-order valence-corrected chi connectivity index (χ4v) is 1.99. The Kier molecular flexibility index (Phi) is 5.00. The average Bonchev–Trinajstić information content (AvgIpc) is 2.93. The maximum Gasteiger partial charge on any atom is 0.239 e. The van der Waals surface area contributed by atoms with Crippen molar-refractivity contribution in [2.45, 2.75) is 13.0 Å². The van der Waals surface area contributed by atoms with E-state index in [0.717, 1.165) is 5.76 Å². The number of furan rings is 1. The second kappa shape index (κ2) is 6.74. The summed E-state index contributed by atoms with van der Waals surface area (Å²) in [5.41, 5.74) is 0. The topological polar surface area (TPSA) is 67.2 Å². The number of aromatic nitrogens is 1. The lowest BCUT2D eigenvalue weighted by Crippen LogP contribution is -2.30. The smallest absolute Gasteiger partial charge is 0.239 e. The molecule has 0 bridgehead atoms. The zero-order valence-corrected chi connectivity index (χ0v) is 12.2. The highest BCUT2D eigenvalue weighted by atomic mass is 35.5. The van der Waals surface area contributed by atoms with Crippen LogP contribution in [0.2, 0.25) is 10.0 Å². The lowest BCUT2D eigenvalue weighted by Gasteiger charge is -2.11. The van der Waals surface area contributed by atoms with Gasteiger partial charge >= 0.3 is 0 Å². The molecule has 0 saturated heterocycles. The molecule has 106 valence electrons. The summed E-state index contributed by atoms with van der Waals surface area (Å²) in [6.07, 6.45) is 3.01. The fourth-order valence-electron chi connectivity index (χ4n) is 1.57. The van der Waals surface area contributed by atoms with Gasteiger partial charge in [0.15, 0.2) is 5.82 Å². The summed E-state index contributed by atoms with van der Waals surface area (Å²) in [5.74, 6) is 0.800. The Morgan fingerprint density at radius 2 is 2.30 bits per heavy atom. The number of pyridine rings is 1. The van der Waals surface area contributed by atoms with Crippen LogP contribution in [0.5, 0.6) is 0 Å². The molecule has 2 N–H and O–H groups in total. The molecule has 0 aromatic carbocycles. The Morgan fingerprint density at radius 3 is 2.95 bits per heavy atom. The van der Waals surface area contributed by atoms with Gasteiger partial charge in [0.05, 0.1) is 28.9 Å². The third-order valence-electron chi connectivity index (χ3n) is 2.60. The number of halogens is 2. The molecule has 0 saturated carbocycles. The van der Waals surface area contributed by atoms with E-state index in [-0.39, 0.29) is 24.3 Å². The van der Waals surface area contributed by atoms with Gasteiger partial charge in [-0.3, -0.25) is 10.1 Å². The van der Waals surface area contributed by atoms with E-state index in [1.807, 2.05) is 13.0 Å². The maximum atomic E-state index is 11.8. The molecule has 0 aliphatic heterocycles. The monoisotopic (exact) mass is 313 g/mol. The van der Waals surface area contributed by atoms with Crippen LogP contribution in [-0.4, -0.2) is 17.4 Å². The largest absolute Gasteiger partial charge is 0.468 e. The number of rotatable bonds is 5. The number of carbonyl (C=O) groups excluding carboxylic acids is 1. The minimum Gasteiger partial charge on any atom is -0.468 e. The van der Waals surface area contributed by atoms with Crippen molar-refractivity contribution in [2.24, 2.45) is 0 Å². The average molecular weight is 314 g/mol. The number of amides is 1. The summed E-state index contributed by atoms with van der Waals surface area (Å²) in [7, 11) is 0. The second-order valence-electron chi connectivity index (χ2n) is 4.15. The molecule has 5 nitrogen and oxygen atoms in total. The molecular formula is C13H13Cl2N3O2. The van der Waals surface area contributed by atoms with Gasteiger partial charge in [-0.15, -0.1) is 0 Å². The predicted molar refractivity (Wildman–Crippen MR) is 78.0 cm³/mol. The van der Waals surface area contributed by atoms with E-state index < -0.39 is 0 Å². The predicted octanol–water partition coefficient (Wildman–Crippen LogP) is 3.27. The Bertz CT molecular complexity index is 587. The van der Waals surface area contributed by atoms with Crippen LogP contribution >= 0.6 is 23.2 Å². The first kappa shape index (κ1) is 14.8. The first-order chi connectivity index (χ1) is 9.56. The van der Waals surface area contributed by atoms with E-state index in [1.165, 1.54) is 12.3 Å². The van der Waals surface area contributed by atoms with Gasteiger partial charge in [-0.05, 0) is 25.1 Å². The van der Waals surface area contributed by atoms with Gasteiger partial charge in [0.25, 0.3) is 0 Å². The number of anilines is 1. The quantitative estimate of drug-likeness (QED) is 0.889. The molecule has 20 heavy (non-hydrogen) atoms.